The SMILES string of the molecule is O=C(NC1CCN(CCCc2c[nH]c3ccccc23)CC1)c1ccccc1. The van der Waals surface area contributed by atoms with E-state index < -0.39 is 0 Å². The Kier molecular flexibility index (Phi) is 5.54. The van der Waals surface area contributed by atoms with Gasteiger partial charge in [-0.15, -0.1) is 0 Å². The number of carbonyl (C=O) groups is 1. The highest BCUT2D eigenvalue weighted by atomic mass is 16.1. The van der Waals surface area contributed by atoms with Gasteiger partial charge >= 0.3 is 0 Å². The Labute approximate surface area is 160 Å². The van der Waals surface area contributed by atoms with Crippen molar-refractivity contribution in [2.75, 3.05) is 19.6 Å². The van der Waals surface area contributed by atoms with Gasteiger partial charge in [0.25, 0.3) is 5.91 Å². The predicted molar refractivity (Wildman–Crippen MR) is 110 cm³/mol. The third-order valence-corrected chi connectivity index (χ3v) is 5.55. The van der Waals surface area contributed by atoms with Gasteiger partial charge in [-0.25, -0.2) is 0 Å². The molecule has 0 radical (unpaired) electrons. The van der Waals surface area contributed by atoms with Crippen molar-refractivity contribution >= 4 is 16.8 Å². The largest absolute Gasteiger partial charge is 0.361 e. The van der Waals surface area contributed by atoms with E-state index in [1.54, 1.807) is 0 Å². The van der Waals surface area contributed by atoms with Gasteiger partial charge in [-0.1, -0.05) is 36.4 Å². The van der Waals surface area contributed by atoms with Gasteiger partial charge in [-0.3, -0.25) is 4.79 Å². The third-order valence-electron chi connectivity index (χ3n) is 5.55. The molecule has 0 atom stereocenters. The number of benzene rings is 2. The van der Waals surface area contributed by atoms with Crippen LogP contribution < -0.4 is 5.32 Å². The lowest BCUT2D eigenvalue weighted by Crippen LogP contribution is -2.44. The van der Waals surface area contributed by atoms with Gasteiger partial charge in [0.15, 0.2) is 0 Å². The number of hydrogen-bond donors (Lipinski definition) is 2. The molecule has 140 valence electrons. The summed E-state index contributed by atoms with van der Waals surface area (Å²) in [5, 5.41) is 4.53. The fourth-order valence-electron chi connectivity index (χ4n) is 3.99. The monoisotopic (exact) mass is 361 g/mol. The van der Waals surface area contributed by atoms with Crippen molar-refractivity contribution in [1.29, 1.82) is 0 Å². The molecule has 27 heavy (non-hydrogen) atoms. The van der Waals surface area contributed by atoms with Crippen molar-refractivity contribution in [1.82, 2.24) is 15.2 Å². The summed E-state index contributed by atoms with van der Waals surface area (Å²) in [5.74, 6) is 0.0494. The Morgan fingerprint density at radius 3 is 2.59 bits per heavy atom. The van der Waals surface area contributed by atoms with E-state index in [1.807, 2.05) is 30.3 Å². The van der Waals surface area contributed by atoms with Crippen molar-refractivity contribution in [2.45, 2.75) is 31.7 Å². The van der Waals surface area contributed by atoms with Crippen LogP contribution in [0.15, 0.2) is 60.8 Å². The van der Waals surface area contributed by atoms with E-state index >= 15 is 0 Å². The highest BCUT2D eigenvalue weighted by Gasteiger charge is 2.20. The molecule has 2 aromatic carbocycles. The summed E-state index contributed by atoms with van der Waals surface area (Å²) in [4.78, 5) is 18.2. The number of hydrogen-bond acceptors (Lipinski definition) is 2. The second-order valence-corrected chi connectivity index (χ2v) is 7.42. The molecule has 2 heterocycles. The minimum absolute atomic E-state index is 0.0494. The summed E-state index contributed by atoms with van der Waals surface area (Å²) < 4.78 is 0. The molecule has 1 aromatic heterocycles. The van der Waals surface area contributed by atoms with E-state index in [9.17, 15) is 4.79 Å². The Bertz CT molecular complexity index is 879. The first-order valence-corrected chi connectivity index (χ1v) is 9.93. The summed E-state index contributed by atoms with van der Waals surface area (Å²) in [6.45, 7) is 3.25. The molecule has 4 nitrogen and oxygen atoms in total. The van der Waals surface area contributed by atoms with Gasteiger partial charge in [0.05, 0.1) is 0 Å². The molecule has 3 aromatic rings. The fourth-order valence-corrected chi connectivity index (χ4v) is 3.99. The van der Waals surface area contributed by atoms with Crippen molar-refractivity contribution in [3.8, 4) is 0 Å². The van der Waals surface area contributed by atoms with E-state index in [0.717, 1.165) is 44.5 Å². The molecular formula is C23H27N3O. The highest BCUT2D eigenvalue weighted by molar-refractivity contribution is 5.94. The number of nitrogens with one attached hydrogen (secondary N) is 2. The molecule has 1 saturated heterocycles. The summed E-state index contributed by atoms with van der Waals surface area (Å²) in [6.07, 6.45) is 6.49. The zero-order chi connectivity index (χ0) is 18.5. The minimum atomic E-state index is 0.0494. The second-order valence-electron chi connectivity index (χ2n) is 7.42. The summed E-state index contributed by atoms with van der Waals surface area (Å²) in [5.41, 5.74) is 3.39. The van der Waals surface area contributed by atoms with Gasteiger partial charge in [0.2, 0.25) is 0 Å². The Morgan fingerprint density at radius 2 is 1.78 bits per heavy atom. The number of likely N-dealkylation sites (tertiary alicyclic amines) is 1. The van der Waals surface area contributed by atoms with Gasteiger partial charge in [-0.05, 0) is 56.0 Å². The summed E-state index contributed by atoms with van der Waals surface area (Å²) >= 11 is 0. The number of H-pyrrole nitrogens is 1. The van der Waals surface area contributed by atoms with Crippen LogP contribution in [0, 0.1) is 0 Å². The van der Waals surface area contributed by atoms with Crippen LogP contribution >= 0.6 is 0 Å². The lowest BCUT2D eigenvalue weighted by molar-refractivity contribution is 0.0911. The van der Waals surface area contributed by atoms with Crippen LogP contribution in [0.5, 0.6) is 0 Å². The number of fused-ring (bicyclic) bond motifs is 1. The predicted octanol–water partition coefficient (Wildman–Crippen LogP) is 3.99. The Balaban J connectivity index is 1.20. The van der Waals surface area contributed by atoms with Crippen molar-refractivity contribution in [2.24, 2.45) is 0 Å². The molecular weight excluding hydrogens is 334 g/mol. The molecule has 2 N–H and O–H groups in total. The molecule has 4 heteroatoms. The van der Waals surface area contributed by atoms with Gasteiger partial charge in [0.1, 0.15) is 0 Å². The number of piperidine rings is 1. The van der Waals surface area contributed by atoms with Crippen LogP contribution in [-0.4, -0.2) is 41.5 Å². The average Bonchev–Trinajstić information content (AvgIpc) is 3.13. The van der Waals surface area contributed by atoms with Crippen LogP contribution in [0.4, 0.5) is 0 Å². The zero-order valence-electron chi connectivity index (χ0n) is 15.7. The molecule has 1 aliphatic rings. The van der Waals surface area contributed by atoms with Crippen molar-refractivity contribution in [3.63, 3.8) is 0 Å². The number of amides is 1. The number of aromatic amines is 1. The molecule has 1 aliphatic heterocycles. The van der Waals surface area contributed by atoms with Crippen LogP contribution in [0.2, 0.25) is 0 Å². The highest BCUT2D eigenvalue weighted by Crippen LogP contribution is 2.19. The number of para-hydroxylation sites is 1. The number of rotatable bonds is 6. The first-order valence-electron chi connectivity index (χ1n) is 9.93. The van der Waals surface area contributed by atoms with Crippen LogP contribution in [0.1, 0.15) is 35.2 Å². The maximum absolute atomic E-state index is 12.3. The Morgan fingerprint density at radius 1 is 1.04 bits per heavy atom. The van der Waals surface area contributed by atoms with Crippen molar-refractivity contribution < 1.29 is 4.79 Å². The standard InChI is InChI=1S/C23H27N3O/c27-23(18-7-2-1-3-8-18)25-20-12-15-26(16-13-20)14-6-9-19-17-24-22-11-5-4-10-21(19)22/h1-5,7-8,10-11,17,20,24H,6,9,12-16H2,(H,25,27). The Hall–Kier alpha value is -2.59. The maximum atomic E-state index is 12.3. The van der Waals surface area contributed by atoms with E-state index in [0.29, 0.717) is 6.04 Å². The van der Waals surface area contributed by atoms with Crippen LogP contribution in [-0.2, 0) is 6.42 Å². The molecule has 0 aliphatic carbocycles. The van der Waals surface area contributed by atoms with E-state index in [-0.39, 0.29) is 5.91 Å². The van der Waals surface area contributed by atoms with E-state index in [1.165, 1.54) is 22.9 Å². The molecule has 1 fully saturated rings. The van der Waals surface area contributed by atoms with Crippen molar-refractivity contribution in [3.05, 3.63) is 71.9 Å². The molecule has 0 spiro atoms. The van der Waals surface area contributed by atoms with E-state index in [4.69, 9.17) is 0 Å². The number of carbonyl (C=O) groups excluding carboxylic acids is 1. The number of aromatic nitrogens is 1. The number of aryl methyl sites for hydroxylation is 1. The normalized spacial score (nSPS) is 15.9. The molecule has 4 rings (SSSR count). The molecule has 0 saturated carbocycles. The van der Waals surface area contributed by atoms with Gasteiger partial charge in [-0.2, -0.15) is 0 Å². The van der Waals surface area contributed by atoms with Crippen LogP contribution in [0.3, 0.4) is 0 Å². The van der Waals surface area contributed by atoms with Gasteiger partial charge < -0.3 is 15.2 Å². The first kappa shape index (κ1) is 17.8. The number of nitrogens with zero attached hydrogens (tertiary/aromatic N) is 1. The molecule has 0 unspecified atom stereocenters. The van der Waals surface area contributed by atoms with Gasteiger partial charge in [0, 0.05) is 41.8 Å². The first-order chi connectivity index (χ1) is 13.3. The zero-order valence-corrected chi connectivity index (χ0v) is 15.7. The summed E-state index contributed by atoms with van der Waals surface area (Å²) in [7, 11) is 0. The molecule has 0 bridgehead atoms. The summed E-state index contributed by atoms with van der Waals surface area (Å²) in [6, 6.07) is 18.3. The third kappa shape index (κ3) is 4.40. The fraction of sp³-hybridized carbons (Fsp3) is 0.348. The van der Waals surface area contributed by atoms with E-state index in [2.05, 4.69) is 45.7 Å². The smallest absolute Gasteiger partial charge is 0.251 e. The quantitative estimate of drug-likeness (QED) is 0.697. The lowest BCUT2D eigenvalue weighted by atomic mass is 10.0. The lowest BCUT2D eigenvalue weighted by Gasteiger charge is -2.32. The maximum Gasteiger partial charge on any atom is 0.251 e. The molecule has 1 amide bonds. The second kappa shape index (κ2) is 8.40. The topological polar surface area (TPSA) is 48.1 Å². The van der Waals surface area contributed by atoms with Crippen LogP contribution in [0.25, 0.3) is 10.9 Å². The minimum Gasteiger partial charge on any atom is -0.361 e. The average molecular weight is 361 g/mol.